The van der Waals surface area contributed by atoms with E-state index in [0.29, 0.717) is 0 Å². The molecule has 0 N–H and O–H groups in total. The van der Waals surface area contributed by atoms with Gasteiger partial charge >= 0.3 is 0 Å². The summed E-state index contributed by atoms with van der Waals surface area (Å²) in [5, 5.41) is 1.04. The summed E-state index contributed by atoms with van der Waals surface area (Å²) in [7, 11) is 0. The van der Waals surface area contributed by atoms with Crippen LogP contribution in [0.3, 0.4) is 0 Å². The van der Waals surface area contributed by atoms with Crippen molar-refractivity contribution in [1.29, 1.82) is 0 Å². The van der Waals surface area contributed by atoms with Crippen molar-refractivity contribution in [1.82, 2.24) is 4.98 Å². The summed E-state index contributed by atoms with van der Waals surface area (Å²) in [5.74, 6) is 0. The van der Waals surface area contributed by atoms with Crippen molar-refractivity contribution >= 4 is 44.7 Å². The second kappa shape index (κ2) is 11.0. The van der Waals surface area contributed by atoms with Crippen molar-refractivity contribution in [2.45, 2.75) is 19.3 Å². The first-order valence-electron chi connectivity index (χ1n) is 14.6. The van der Waals surface area contributed by atoms with E-state index < -0.39 is 0 Å². The molecule has 0 saturated carbocycles. The lowest BCUT2D eigenvalue weighted by molar-refractivity contribution is 0.655. The Morgan fingerprint density at radius 1 is 0.744 bits per heavy atom. The molecule has 2 nitrogen and oxygen atoms in total. The number of hydrogen-bond donors (Lipinski definition) is 0. The zero-order chi connectivity index (χ0) is 29.4. The maximum absolute atomic E-state index is 5.08. The number of hydrogen-bond acceptors (Lipinski definition) is 3. The van der Waals surface area contributed by atoms with Gasteiger partial charge in [-0.25, -0.2) is 4.98 Å². The lowest BCUT2D eigenvalue weighted by atomic mass is 9.81. The average molecular weight is 573 g/mol. The molecule has 0 atom stereocenters. The zero-order valence-electron chi connectivity index (χ0n) is 24.4. The van der Waals surface area contributed by atoms with Gasteiger partial charge in [-0.1, -0.05) is 130 Å². The van der Waals surface area contributed by atoms with Crippen molar-refractivity contribution in [2.24, 2.45) is 0 Å². The van der Waals surface area contributed by atoms with Gasteiger partial charge in [-0.05, 0) is 58.7 Å². The number of para-hydroxylation sites is 1. The monoisotopic (exact) mass is 572 g/mol. The summed E-state index contributed by atoms with van der Waals surface area (Å²) in [5.41, 5.74) is 11.6. The molecule has 1 aromatic heterocycles. The van der Waals surface area contributed by atoms with Crippen LogP contribution >= 0.6 is 11.3 Å². The first-order valence-corrected chi connectivity index (χ1v) is 15.4. The normalized spacial score (nSPS) is 13.7. The summed E-state index contributed by atoms with van der Waals surface area (Å²) in [4.78, 5) is 7.47. The Bertz CT molecular complexity index is 2010. The van der Waals surface area contributed by atoms with Gasteiger partial charge in [0.2, 0.25) is 0 Å². The molecular weight excluding hydrogens is 541 g/mol. The Morgan fingerprint density at radius 2 is 1.42 bits per heavy atom. The van der Waals surface area contributed by atoms with Crippen molar-refractivity contribution in [3.63, 3.8) is 0 Å². The fraction of sp³-hybridized carbons (Fsp3) is 0.0750. The van der Waals surface area contributed by atoms with Gasteiger partial charge in [0.15, 0.2) is 0 Å². The van der Waals surface area contributed by atoms with E-state index in [9.17, 15) is 0 Å². The number of fused-ring (bicyclic) bond motifs is 2. The van der Waals surface area contributed by atoms with E-state index in [-0.39, 0.29) is 5.41 Å². The first-order chi connectivity index (χ1) is 21.0. The van der Waals surface area contributed by atoms with E-state index in [4.69, 9.17) is 4.98 Å². The third-order valence-corrected chi connectivity index (χ3v) is 9.38. The molecule has 0 fully saturated rings. The highest BCUT2D eigenvalue weighted by atomic mass is 32.1. The van der Waals surface area contributed by atoms with Crippen LogP contribution in [0.5, 0.6) is 0 Å². The Labute approximate surface area is 257 Å². The summed E-state index contributed by atoms with van der Waals surface area (Å²) in [6.07, 6.45) is 8.34. The fourth-order valence-electron chi connectivity index (χ4n) is 6.00. The molecule has 0 radical (unpaired) electrons. The van der Waals surface area contributed by atoms with Crippen molar-refractivity contribution in [2.75, 3.05) is 4.90 Å². The molecule has 6 aromatic rings. The Hall–Kier alpha value is -4.99. The minimum atomic E-state index is -0.126. The van der Waals surface area contributed by atoms with Crippen molar-refractivity contribution in [3.05, 3.63) is 163 Å². The summed E-state index contributed by atoms with van der Waals surface area (Å²) in [6.45, 7) is 8.48. The molecule has 0 bridgehead atoms. The van der Waals surface area contributed by atoms with E-state index in [1.165, 1.54) is 32.5 Å². The molecule has 0 aliphatic heterocycles. The van der Waals surface area contributed by atoms with E-state index in [1.54, 1.807) is 11.3 Å². The number of rotatable bonds is 7. The van der Waals surface area contributed by atoms with Crippen LogP contribution < -0.4 is 4.90 Å². The van der Waals surface area contributed by atoms with Gasteiger partial charge in [0, 0.05) is 27.9 Å². The van der Waals surface area contributed by atoms with E-state index in [0.717, 1.165) is 33.1 Å². The van der Waals surface area contributed by atoms with Crippen LogP contribution in [0.25, 0.3) is 38.0 Å². The molecule has 3 heteroatoms. The molecule has 1 aliphatic rings. The molecule has 208 valence electrons. The Kier molecular flexibility index (Phi) is 6.89. The number of thiazole rings is 1. The molecular formula is C40H32N2S. The van der Waals surface area contributed by atoms with Crippen LogP contribution in [-0.4, -0.2) is 4.98 Å². The number of anilines is 3. The fourth-order valence-corrected chi connectivity index (χ4v) is 6.95. The minimum Gasteiger partial charge on any atom is -0.310 e. The van der Waals surface area contributed by atoms with E-state index >= 15 is 0 Å². The Balaban J connectivity index is 1.41. The maximum atomic E-state index is 5.08. The third-order valence-electron chi connectivity index (χ3n) is 8.29. The SMILES string of the molecule is C=C/C=C\C1=Cc2ccc(N(c3ccc4sc(-c5ccccc5)nc4c3)c3ccccc3-c3ccccc3)cc2C1(C)C. The number of allylic oxidation sites excluding steroid dienone is 4. The molecule has 1 heterocycles. The number of benzene rings is 5. The summed E-state index contributed by atoms with van der Waals surface area (Å²) >= 11 is 1.74. The largest absolute Gasteiger partial charge is 0.310 e. The highest BCUT2D eigenvalue weighted by molar-refractivity contribution is 7.21. The van der Waals surface area contributed by atoms with E-state index in [2.05, 4.69) is 153 Å². The lowest BCUT2D eigenvalue weighted by Gasteiger charge is -2.30. The van der Waals surface area contributed by atoms with Gasteiger partial charge in [0.05, 0.1) is 15.9 Å². The van der Waals surface area contributed by atoms with Crippen LogP contribution in [0.15, 0.2) is 152 Å². The molecule has 7 rings (SSSR count). The molecule has 0 spiro atoms. The van der Waals surface area contributed by atoms with Gasteiger partial charge in [-0.3, -0.25) is 0 Å². The minimum absolute atomic E-state index is 0.126. The van der Waals surface area contributed by atoms with E-state index in [1.807, 2.05) is 18.2 Å². The van der Waals surface area contributed by atoms with Crippen molar-refractivity contribution < 1.29 is 0 Å². The van der Waals surface area contributed by atoms with Crippen LogP contribution in [-0.2, 0) is 5.41 Å². The first kappa shape index (κ1) is 26.9. The Morgan fingerprint density at radius 3 is 2.19 bits per heavy atom. The topological polar surface area (TPSA) is 16.1 Å². The van der Waals surface area contributed by atoms with Crippen LogP contribution in [0.4, 0.5) is 17.1 Å². The number of aromatic nitrogens is 1. The lowest BCUT2D eigenvalue weighted by Crippen LogP contribution is -2.18. The third kappa shape index (κ3) is 4.92. The quantitative estimate of drug-likeness (QED) is 0.177. The molecule has 1 aliphatic carbocycles. The molecule has 0 unspecified atom stereocenters. The van der Waals surface area contributed by atoms with Crippen LogP contribution in [0.2, 0.25) is 0 Å². The molecule has 43 heavy (non-hydrogen) atoms. The summed E-state index contributed by atoms with van der Waals surface area (Å²) < 4.78 is 1.18. The second-order valence-electron chi connectivity index (χ2n) is 11.3. The standard InChI is InChI=1S/C40H32N2S/c1-4-5-18-31-25-30-21-22-32(26-35(30)40(31,2)3)42(37-20-13-12-19-34(37)28-14-8-6-9-15-28)33-23-24-38-36(27-33)41-39(43-38)29-16-10-7-11-17-29/h4-27H,1H2,2-3H3/b18-5-. The highest BCUT2D eigenvalue weighted by Gasteiger charge is 2.32. The molecule has 0 amide bonds. The van der Waals surface area contributed by atoms with Gasteiger partial charge in [0.25, 0.3) is 0 Å². The second-order valence-corrected chi connectivity index (χ2v) is 12.4. The average Bonchev–Trinajstić information content (AvgIpc) is 3.59. The van der Waals surface area contributed by atoms with Gasteiger partial charge in [0.1, 0.15) is 5.01 Å². The zero-order valence-corrected chi connectivity index (χ0v) is 25.2. The summed E-state index contributed by atoms with van der Waals surface area (Å²) in [6, 6.07) is 43.3. The van der Waals surface area contributed by atoms with Gasteiger partial charge < -0.3 is 4.90 Å². The van der Waals surface area contributed by atoms with Crippen LogP contribution in [0.1, 0.15) is 25.0 Å². The molecule has 5 aromatic carbocycles. The van der Waals surface area contributed by atoms with Gasteiger partial charge in [-0.2, -0.15) is 0 Å². The predicted octanol–water partition coefficient (Wildman–Crippen LogP) is 11.5. The highest BCUT2D eigenvalue weighted by Crippen LogP contribution is 2.47. The maximum Gasteiger partial charge on any atom is 0.124 e. The predicted molar refractivity (Wildman–Crippen MR) is 186 cm³/mol. The number of nitrogens with zero attached hydrogens (tertiary/aromatic N) is 2. The van der Waals surface area contributed by atoms with Crippen molar-refractivity contribution in [3.8, 4) is 21.7 Å². The molecule has 0 saturated heterocycles. The smallest absolute Gasteiger partial charge is 0.124 e. The van der Waals surface area contributed by atoms with Crippen LogP contribution in [0, 0.1) is 0 Å². The van der Waals surface area contributed by atoms with Gasteiger partial charge in [-0.15, -0.1) is 11.3 Å².